The molecule has 140 valence electrons. The number of aromatic nitrogens is 1. The number of nitrogens with two attached hydrogens (primary N) is 1. The molecule has 0 saturated carbocycles. The van der Waals surface area contributed by atoms with Crippen LogP contribution in [0.25, 0.3) is 10.9 Å². The van der Waals surface area contributed by atoms with E-state index in [4.69, 9.17) is 10.5 Å². The maximum Gasteiger partial charge on any atom is 0.405 e. The van der Waals surface area contributed by atoms with Crippen LogP contribution in [0.1, 0.15) is 24.1 Å². The second-order valence-electron chi connectivity index (χ2n) is 6.27. The molecule has 2 aromatic carbocycles. The number of rotatable bonds is 6. The summed E-state index contributed by atoms with van der Waals surface area (Å²) >= 11 is 0. The van der Waals surface area contributed by atoms with Crippen molar-refractivity contribution in [2.45, 2.75) is 25.5 Å². The van der Waals surface area contributed by atoms with Crippen molar-refractivity contribution in [1.82, 2.24) is 10.3 Å². The first-order valence-corrected chi connectivity index (χ1v) is 8.51. The number of ether oxygens (including phenoxy) is 1. The lowest BCUT2D eigenvalue weighted by atomic mass is 10.0. The normalized spacial score (nSPS) is 13.1. The number of hydrogen-bond acceptors (Lipinski definition) is 3. The summed E-state index contributed by atoms with van der Waals surface area (Å²) in [6.07, 6.45) is -0.445. The van der Waals surface area contributed by atoms with Crippen LogP contribution in [0, 0.1) is 5.82 Å². The number of H-pyrrole nitrogens is 1. The zero-order chi connectivity index (χ0) is 19.4. The standard InChI is InChI=1S/C20H20FN3O3/c1-12(13-5-3-2-4-6-13)24-19(25)18(27-20(22)26)9-14-11-23-17-8-7-15(21)10-16(14)17/h2-8,10-12,18,23H,9H2,1H3,(H2,22,26)(H,24,25). The predicted octanol–water partition coefficient (Wildman–Crippen LogP) is 3.19. The van der Waals surface area contributed by atoms with Crippen LogP contribution in [0.2, 0.25) is 0 Å². The molecule has 0 aliphatic heterocycles. The summed E-state index contributed by atoms with van der Waals surface area (Å²) in [5, 5.41) is 3.44. The number of carbonyl (C=O) groups excluding carboxylic acids is 2. The Balaban J connectivity index is 1.79. The highest BCUT2D eigenvalue weighted by Crippen LogP contribution is 2.22. The number of aromatic amines is 1. The zero-order valence-electron chi connectivity index (χ0n) is 14.7. The van der Waals surface area contributed by atoms with Gasteiger partial charge in [0.1, 0.15) is 5.82 Å². The molecule has 7 heteroatoms. The summed E-state index contributed by atoms with van der Waals surface area (Å²) in [5.41, 5.74) is 7.42. The second-order valence-corrected chi connectivity index (χ2v) is 6.27. The van der Waals surface area contributed by atoms with Crippen LogP contribution in [0.3, 0.4) is 0 Å². The molecule has 2 amide bonds. The van der Waals surface area contributed by atoms with Crippen LogP contribution in [-0.2, 0) is 16.0 Å². The van der Waals surface area contributed by atoms with E-state index in [-0.39, 0.29) is 12.5 Å². The molecule has 1 aromatic heterocycles. The molecule has 0 bridgehead atoms. The van der Waals surface area contributed by atoms with E-state index < -0.39 is 23.9 Å². The Bertz CT molecular complexity index is 956. The number of amides is 2. The van der Waals surface area contributed by atoms with Gasteiger partial charge in [-0.2, -0.15) is 0 Å². The Morgan fingerprint density at radius 3 is 2.67 bits per heavy atom. The van der Waals surface area contributed by atoms with E-state index in [1.165, 1.54) is 12.1 Å². The molecule has 1 heterocycles. The lowest BCUT2D eigenvalue weighted by Gasteiger charge is -2.20. The Morgan fingerprint density at radius 2 is 1.96 bits per heavy atom. The molecule has 27 heavy (non-hydrogen) atoms. The Labute approximate surface area is 155 Å². The highest BCUT2D eigenvalue weighted by molar-refractivity contribution is 5.87. The summed E-state index contributed by atoms with van der Waals surface area (Å²) in [6, 6.07) is 13.4. The molecule has 4 N–H and O–H groups in total. The zero-order valence-corrected chi connectivity index (χ0v) is 14.7. The summed E-state index contributed by atoms with van der Waals surface area (Å²) in [5.74, 6) is -0.867. The number of primary amides is 1. The topological polar surface area (TPSA) is 97.2 Å². The predicted molar refractivity (Wildman–Crippen MR) is 99.4 cm³/mol. The van der Waals surface area contributed by atoms with E-state index in [1.807, 2.05) is 37.3 Å². The number of fused-ring (bicyclic) bond motifs is 1. The minimum Gasteiger partial charge on any atom is -0.436 e. The molecule has 6 nitrogen and oxygen atoms in total. The van der Waals surface area contributed by atoms with Crippen molar-refractivity contribution < 1.29 is 18.7 Å². The van der Waals surface area contributed by atoms with Gasteiger partial charge in [-0.25, -0.2) is 9.18 Å². The van der Waals surface area contributed by atoms with Crippen molar-refractivity contribution in [3.63, 3.8) is 0 Å². The van der Waals surface area contributed by atoms with Gasteiger partial charge in [-0.15, -0.1) is 0 Å². The van der Waals surface area contributed by atoms with Crippen molar-refractivity contribution in [3.8, 4) is 0 Å². The fourth-order valence-electron chi connectivity index (χ4n) is 2.98. The third kappa shape index (κ3) is 4.44. The van der Waals surface area contributed by atoms with Crippen LogP contribution in [-0.4, -0.2) is 23.1 Å². The van der Waals surface area contributed by atoms with Crippen molar-refractivity contribution in [1.29, 1.82) is 0 Å². The monoisotopic (exact) mass is 369 g/mol. The molecule has 0 radical (unpaired) electrons. The number of nitrogens with one attached hydrogen (secondary N) is 2. The lowest BCUT2D eigenvalue weighted by Crippen LogP contribution is -2.41. The van der Waals surface area contributed by atoms with Gasteiger partial charge in [0.2, 0.25) is 0 Å². The van der Waals surface area contributed by atoms with Gasteiger partial charge in [0.05, 0.1) is 6.04 Å². The maximum atomic E-state index is 13.6. The summed E-state index contributed by atoms with van der Waals surface area (Å²) in [4.78, 5) is 26.9. The van der Waals surface area contributed by atoms with Crippen molar-refractivity contribution >= 4 is 22.9 Å². The third-order valence-corrected chi connectivity index (χ3v) is 4.34. The van der Waals surface area contributed by atoms with Gasteiger partial charge in [-0.05, 0) is 36.2 Å². The number of benzene rings is 2. The fraction of sp³-hybridized carbons (Fsp3) is 0.200. The van der Waals surface area contributed by atoms with Crippen molar-refractivity contribution in [2.24, 2.45) is 5.73 Å². The van der Waals surface area contributed by atoms with Gasteiger partial charge < -0.3 is 20.8 Å². The Kier molecular flexibility index (Phi) is 5.40. The lowest BCUT2D eigenvalue weighted by molar-refractivity contribution is -0.130. The molecule has 0 aliphatic carbocycles. The van der Waals surface area contributed by atoms with E-state index in [0.717, 1.165) is 11.1 Å². The van der Waals surface area contributed by atoms with Gasteiger partial charge in [-0.3, -0.25) is 4.79 Å². The minimum absolute atomic E-state index is 0.0692. The maximum absolute atomic E-state index is 13.6. The smallest absolute Gasteiger partial charge is 0.405 e. The summed E-state index contributed by atoms with van der Waals surface area (Å²) < 4.78 is 18.6. The molecule has 0 spiro atoms. The van der Waals surface area contributed by atoms with E-state index >= 15 is 0 Å². The Hall–Kier alpha value is -3.35. The molecule has 2 atom stereocenters. The largest absolute Gasteiger partial charge is 0.436 e. The average molecular weight is 369 g/mol. The Morgan fingerprint density at radius 1 is 1.22 bits per heavy atom. The second kappa shape index (κ2) is 7.90. The van der Waals surface area contributed by atoms with Crippen LogP contribution < -0.4 is 11.1 Å². The van der Waals surface area contributed by atoms with E-state index in [1.54, 1.807) is 12.3 Å². The van der Waals surface area contributed by atoms with Crippen LogP contribution in [0.15, 0.2) is 54.7 Å². The van der Waals surface area contributed by atoms with Gasteiger partial charge in [0, 0.05) is 23.5 Å². The van der Waals surface area contributed by atoms with Crippen LogP contribution in [0.5, 0.6) is 0 Å². The fourth-order valence-corrected chi connectivity index (χ4v) is 2.98. The molecule has 0 fully saturated rings. The molecular weight excluding hydrogens is 349 g/mol. The molecular formula is C20H20FN3O3. The third-order valence-electron chi connectivity index (χ3n) is 4.34. The summed E-state index contributed by atoms with van der Waals surface area (Å²) in [6.45, 7) is 1.83. The quantitative estimate of drug-likeness (QED) is 0.622. The van der Waals surface area contributed by atoms with Crippen LogP contribution in [0.4, 0.5) is 9.18 Å². The van der Waals surface area contributed by atoms with Crippen molar-refractivity contribution in [3.05, 3.63) is 71.7 Å². The van der Waals surface area contributed by atoms with E-state index in [9.17, 15) is 14.0 Å². The first kappa shape index (κ1) is 18.4. The molecule has 3 rings (SSSR count). The average Bonchev–Trinajstić information content (AvgIpc) is 3.03. The molecule has 0 saturated heterocycles. The molecule has 2 unspecified atom stereocenters. The first-order chi connectivity index (χ1) is 12.9. The van der Waals surface area contributed by atoms with Gasteiger partial charge in [-0.1, -0.05) is 30.3 Å². The molecule has 3 aromatic rings. The van der Waals surface area contributed by atoms with Gasteiger partial charge in [0.25, 0.3) is 5.91 Å². The van der Waals surface area contributed by atoms with Crippen molar-refractivity contribution in [2.75, 3.05) is 0 Å². The van der Waals surface area contributed by atoms with Crippen LogP contribution >= 0.6 is 0 Å². The first-order valence-electron chi connectivity index (χ1n) is 8.51. The minimum atomic E-state index is -1.13. The highest BCUT2D eigenvalue weighted by atomic mass is 19.1. The number of carbonyl (C=O) groups is 2. The van der Waals surface area contributed by atoms with Gasteiger partial charge in [0.15, 0.2) is 6.10 Å². The molecule has 0 aliphatic rings. The number of halogens is 1. The summed E-state index contributed by atoms with van der Waals surface area (Å²) in [7, 11) is 0. The van der Waals surface area contributed by atoms with E-state index in [2.05, 4.69) is 10.3 Å². The number of hydrogen-bond donors (Lipinski definition) is 3. The SMILES string of the molecule is CC(NC(=O)C(Cc1c[nH]c2ccc(F)cc12)OC(N)=O)c1ccccc1. The highest BCUT2D eigenvalue weighted by Gasteiger charge is 2.25. The van der Waals surface area contributed by atoms with E-state index in [0.29, 0.717) is 10.9 Å². The van der Waals surface area contributed by atoms with Gasteiger partial charge >= 0.3 is 6.09 Å².